The first-order valence-electron chi connectivity index (χ1n) is 7.52. The number of anilines is 1. The fourth-order valence-electron chi connectivity index (χ4n) is 1.75. The van der Waals surface area contributed by atoms with Crippen LogP contribution in [0.25, 0.3) is 0 Å². The van der Waals surface area contributed by atoms with E-state index in [0.29, 0.717) is 17.8 Å². The summed E-state index contributed by atoms with van der Waals surface area (Å²) in [6, 6.07) is 6.76. The number of esters is 1. The molecule has 0 aliphatic carbocycles. The SMILES string of the molecule is CCCNC(=O)c1cccc(NC(=S)NC(=O)CCC(=O)OC)c1. The average Bonchev–Trinajstić information content (AvgIpc) is 2.57. The minimum absolute atomic E-state index is 0.0158. The van der Waals surface area contributed by atoms with Crippen molar-refractivity contribution >= 4 is 40.8 Å². The van der Waals surface area contributed by atoms with Crippen LogP contribution in [0, 0.1) is 0 Å². The Morgan fingerprint density at radius 1 is 1.21 bits per heavy atom. The van der Waals surface area contributed by atoms with Crippen LogP contribution in [0.2, 0.25) is 0 Å². The van der Waals surface area contributed by atoms with Crippen LogP contribution in [-0.2, 0) is 14.3 Å². The molecule has 130 valence electrons. The lowest BCUT2D eigenvalue weighted by Crippen LogP contribution is -2.34. The van der Waals surface area contributed by atoms with Gasteiger partial charge in [0.05, 0.1) is 13.5 Å². The van der Waals surface area contributed by atoms with Crippen LogP contribution in [0.15, 0.2) is 24.3 Å². The van der Waals surface area contributed by atoms with E-state index in [4.69, 9.17) is 12.2 Å². The molecule has 0 aromatic heterocycles. The Morgan fingerprint density at radius 3 is 2.62 bits per heavy atom. The summed E-state index contributed by atoms with van der Waals surface area (Å²) in [6.07, 6.45) is 0.817. The Hall–Kier alpha value is -2.48. The molecule has 1 aromatic rings. The summed E-state index contributed by atoms with van der Waals surface area (Å²) < 4.78 is 4.46. The third-order valence-electron chi connectivity index (χ3n) is 2.95. The van der Waals surface area contributed by atoms with E-state index in [9.17, 15) is 14.4 Å². The van der Waals surface area contributed by atoms with E-state index in [1.807, 2.05) is 6.92 Å². The summed E-state index contributed by atoms with van der Waals surface area (Å²) in [5.41, 5.74) is 1.07. The molecule has 0 heterocycles. The van der Waals surface area contributed by atoms with Crippen LogP contribution >= 0.6 is 12.2 Å². The maximum Gasteiger partial charge on any atom is 0.306 e. The van der Waals surface area contributed by atoms with Gasteiger partial charge in [-0.1, -0.05) is 13.0 Å². The number of carbonyl (C=O) groups excluding carboxylic acids is 3. The van der Waals surface area contributed by atoms with Crippen molar-refractivity contribution in [3.8, 4) is 0 Å². The van der Waals surface area contributed by atoms with Gasteiger partial charge in [0, 0.05) is 24.2 Å². The smallest absolute Gasteiger partial charge is 0.306 e. The molecule has 0 saturated heterocycles. The lowest BCUT2D eigenvalue weighted by molar-refractivity contribution is -0.142. The number of amides is 2. The highest BCUT2D eigenvalue weighted by Crippen LogP contribution is 2.10. The van der Waals surface area contributed by atoms with Crippen molar-refractivity contribution in [2.45, 2.75) is 26.2 Å². The minimum Gasteiger partial charge on any atom is -0.469 e. The van der Waals surface area contributed by atoms with Crippen molar-refractivity contribution in [1.82, 2.24) is 10.6 Å². The second-order valence-corrected chi connectivity index (χ2v) is 5.32. The fourth-order valence-corrected chi connectivity index (χ4v) is 1.98. The highest BCUT2D eigenvalue weighted by Gasteiger charge is 2.10. The highest BCUT2D eigenvalue weighted by atomic mass is 32.1. The second-order valence-electron chi connectivity index (χ2n) is 4.92. The van der Waals surface area contributed by atoms with E-state index in [1.165, 1.54) is 7.11 Å². The zero-order valence-electron chi connectivity index (χ0n) is 13.7. The molecule has 0 saturated carbocycles. The minimum atomic E-state index is -0.463. The van der Waals surface area contributed by atoms with Gasteiger partial charge in [-0.2, -0.15) is 0 Å². The molecule has 0 aliphatic rings. The summed E-state index contributed by atoms with van der Waals surface area (Å²) in [6.45, 7) is 2.57. The number of nitrogens with one attached hydrogen (secondary N) is 3. The lowest BCUT2D eigenvalue weighted by atomic mass is 10.2. The molecule has 0 fully saturated rings. The fraction of sp³-hybridized carbons (Fsp3) is 0.375. The van der Waals surface area contributed by atoms with E-state index in [1.54, 1.807) is 24.3 Å². The average molecular weight is 351 g/mol. The number of benzene rings is 1. The number of thiocarbonyl (C=S) groups is 1. The van der Waals surface area contributed by atoms with Crippen molar-refractivity contribution in [3.05, 3.63) is 29.8 Å². The van der Waals surface area contributed by atoms with Gasteiger partial charge in [0.2, 0.25) is 5.91 Å². The Kier molecular flexibility index (Phi) is 8.42. The molecule has 1 rings (SSSR count). The topological polar surface area (TPSA) is 96.5 Å². The third-order valence-corrected chi connectivity index (χ3v) is 3.16. The summed E-state index contributed by atoms with van der Waals surface area (Å²) in [7, 11) is 1.26. The van der Waals surface area contributed by atoms with Gasteiger partial charge >= 0.3 is 5.97 Å². The molecule has 3 N–H and O–H groups in total. The summed E-state index contributed by atoms with van der Waals surface area (Å²) in [4.78, 5) is 34.5. The van der Waals surface area contributed by atoms with Crippen molar-refractivity contribution in [3.63, 3.8) is 0 Å². The van der Waals surface area contributed by atoms with Crippen molar-refractivity contribution in [2.24, 2.45) is 0 Å². The quantitative estimate of drug-likeness (QED) is 0.510. The number of rotatable bonds is 7. The molecule has 8 heteroatoms. The zero-order valence-corrected chi connectivity index (χ0v) is 14.5. The van der Waals surface area contributed by atoms with Crippen LogP contribution in [0.1, 0.15) is 36.5 Å². The number of ether oxygens (including phenoxy) is 1. The van der Waals surface area contributed by atoms with Crippen LogP contribution in [0.3, 0.4) is 0 Å². The van der Waals surface area contributed by atoms with E-state index in [2.05, 4.69) is 20.7 Å². The van der Waals surface area contributed by atoms with Gasteiger partial charge in [0.15, 0.2) is 5.11 Å². The van der Waals surface area contributed by atoms with Gasteiger partial charge in [-0.3, -0.25) is 14.4 Å². The van der Waals surface area contributed by atoms with E-state index >= 15 is 0 Å². The first-order valence-corrected chi connectivity index (χ1v) is 7.93. The van der Waals surface area contributed by atoms with Crippen molar-refractivity contribution < 1.29 is 19.1 Å². The molecule has 7 nitrogen and oxygen atoms in total. The molecule has 0 spiro atoms. The van der Waals surface area contributed by atoms with Gasteiger partial charge in [0.1, 0.15) is 0 Å². The normalized spacial score (nSPS) is 9.75. The standard InChI is InChI=1S/C16H21N3O4S/c1-3-9-17-15(22)11-5-4-6-12(10-11)18-16(24)19-13(20)7-8-14(21)23-2/h4-6,10H,3,7-9H2,1-2H3,(H,17,22)(H2,18,19,20,24). The largest absolute Gasteiger partial charge is 0.469 e. The molecule has 0 atom stereocenters. The summed E-state index contributed by atoms with van der Waals surface area (Å²) in [5, 5.41) is 8.17. The van der Waals surface area contributed by atoms with E-state index in [0.717, 1.165) is 6.42 Å². The van der Waals surface area contributed by atoms with Gasteiger partial charge < -0.3 is 20.7 Å². The van der Waals surface area contributed by atoms with Crippen LogP contribution in [0.5, 0.6) is 0 Å². The number of hydrogen-bond donors (Lipinski definition) is 3. The maximum absolute atomic E-state index is 11.9. The number of carbonyl (C=O) groups is 3. The van der Waals surface area contributed by atoms with Gasteiger partial charge in [0.25, 0.3) is 5.91 Å². The molecule has 0 aliphatic heterocycles. The van der Waals surface area contributed by atoms with E-state index < -0.39 is 11.9 Å². The Labute approximate surface area is 146 Å². The Morgan fingerprint density at radius 2 is 1.96 bits per heavy atom. The zero-order chi connectivity index (χ0) is 17.9. The van der Waals surface area contributed by atoms with Crippen LogP contribution < -0.4 is 16.0 Å². The molecule has 2 amide bonds. The van der Waals surface area contributed by atoms with Crippen molar-refractivity contribution in [1.29, 1.82) is 0 Å². The molecule has 0 bridgehead atoms. The van der Waals surface area contributed by atoms with Crippen LogP contribution in [0.4, 0.5) is 5.69 Å². The lowest BCUT2D eigenvalue weighted by Gasteiger charge is -2.10. The molecular formula is C16H21N3O4S. The van der Waals surface area contributed by atoms with Crippen LogP contribution in [-0.4, -0.2) is 36.6 Å². The second kappa shape index (κ2) is 10.3. The number of hydrogen-bond acceptors (Lipinski definition) is 5. The molecule has 0 radical (unpaired) electrons. The molecule has 1 aromatic carbocycles. The first-order chi connectivity index (χ1) is 11.5. The maximum atomic E-state index is 11.9. The Balaban J connectivity index is 2.53. The van der Waals surface area contributed by atoms with Gasteiger partial charge in [-0.25, -0.2) is 0 Å². The molecule has 24 heavy (non-hydrogen) atoms. The van der Waals surface area contributed by atoms with Gasteiger partial charge in [-0.15, -0.1) is 0 Å². The summed E-state index contributed by atoms with van der Waals surface area (Å²) in [5.74, 6) is -1.03. The van der Waals surface area contributed by atoms with Crippen molar-refractivity contribution in [2.75, 3.05) is 19.0 Å². The predicted molar refractivity (Wildman–Crippen MR) is 94.7 cm³/mol. The van der Waals surface area contributed by atoms with E-state index in [-0.39, 0.29) is 23.9 Å². The molecular weight excluding hydrogens is 330 g/mol. The predicted octanol–water partition coefficient (Wildman–Crippen LogP) is 1.59. The summed E-state index contributed by atoms with van der Waals surface area (Å²) >= 11 is 5.04. The Bertz CT molecular complexity index is 619. The third kappa shape index (κ3) is 7.19. The number of methoxy groups -OCH3 is 1. The monoisotopic (exact) mass is 351 g/mol. The molecule has 0 unspecified atom stereocenters. The first kappa shape index (κ1) is 19.6. The van der Waals surface area contributed by atoms with Gasteiger partial charge in [-0.05, 0) is 36.8 Å². The highest BCUT2D eigenvalue weighted by molar-refractivity contribution is 7.80.